The zero-order valence-electron chi connectivity index (χ0n) is 45.2. The van der Waals surface area contributed by atoms with E-state index in [0.717, 1.165) is 120 Å². The van der Waals surface area contributed by atoms with E-state index < -0.39 is 72.3 Å². The van der Waals surface area contributed by atoms with Crippen LogP contribution in [0.15, 0.2) is 101 Å². The molecule has 0 amide bonds. The fourth-order valence-electron chi connectivity index (χ4n) is 14.3. The number of hydrogen-bond donors (Lipinski definition) is 5. The van der Waals surface area contributed by atoms with Gasteiger partial charge in [-0.05, 0) is 149 Å². The van der Waals surface area contributed by atoms with Crippen molar-refractivity contribution in [1.29, 1.82) is 0 Å². The number of aliphatic hydroxyl groups excluding tert-OH is 2. The number of unbranched alkanes of at least 4 members (excludes halogenated alkanes) is 4. The van der Waals surface area contributed by atoms with Gasteiger partial charge < -0.3 is 39.0 Å². The quantitative estimate of drug-likeness (QED) is 0.0232. The van der Waals surface area contributed by atoms with Crippen molar-refractivity contribution in [2.45, 2.75) is 157 Å². The van der Waals surface area contributed by atoms with Crippen molar-refractivity contribution in [2.75, 3.05) is 39.2 Å². The molecule has 5 aliphatic carbocycles. The normalized spacial score (nSPS) is 29.6. The maximum absolute atomic E-state index is 15.0. The van der Waals surface area contributed by atoms with Gasteiger partial charge in [-0.3, -0.25) is 19.4 Å². The number of ether oxygens (including phenoxy) is 4. The number of hydrogen-bond acceptors (Lipinski definition) is 12. The van der Waals surface area contributed by atoms with Crippen LogP contribution in [0.5, 0.6) is 5.75 Å². The molecule has 1 saturated heterocycles. The fraction of sp³-hybridized carbons (Fsp3) is 0.590. The van der Waals surface area contributed by atoms with Crippen LogP contribution in [0.4, 0.5) is 0 Å². The van der Waals surface area contributed by atoms with E-state index in [2.05, 4.69) is 43.4 Å². The second kappa shape index (κ2) is 25.2. The number of fused-ring (bicyclic) bond motifs is 7. The number of phosphoric ester groups is 1. The smallest absolute Gasteiger partial charge is 0.454 e. The number of Topliss-reactive ketones (excluding diaryl/α,β-unsaturated/α-hetero) is 1. The third-order valence-electron chi connectivity index (χ3n) is 18.2. The van der Waals surface area contributed by atoms with Gasteiger partial charge in [-0.1, -0.05) is 94.0 Å². The van der Waals surface area contributed by atoms with Gasteiger partial charge in [0, 0.05) is 58.9 Å². The Morgan fingerprint density at radius 3 is 2.42 bits per heavy atom. The molecule has 3 aromatic rings. The highest BCUT2D eigenvalue weighted by atomic mass is 32.2. The summed E-state index contributed by atoms with van der Waals surface area (Å²) in [5, 5.41) is 26.7. The summed E-state index contributed by atoms with van der Waals surface area (Å²) in [6, 6.07) is 22.2. The number of carbonyl (C=O) groups is 3. The van der Waals surface area contributed by atoms with Crippen molar-refractivity contribution in [3.8, 4) is 5.75 Å². The number of phosphoric acid groups is 1. The van der Waals surface area contributed by atoms with E-state index in [1.165, 1.54) is 11.6 Å². The van der Waals surface area contributed by atoms with Crippen LogP contribution in [0.1, 0.15) is 143 Å². The Kier molecular flexibility index (Phi) is 18.9. The number of nitrogens with one attached hydrogen (secondary N) is 1. The van der Waals surface area contributed by atoms with E-state index in [1.54, 1.807) is 48.6 Å². The van der Waals surface area contributed by atoms with Crippen molar-refractivity contribution in [3.05, 3.63) is 119 Å². The first-order valence-corrected chi connectivity index (χ1v) is 31.6. The molecular formula is C61H81NO13PS+. The number of rotatable bonds is 25. The maximum Gasteiger partial charge on any atom is 0.524 e. The molecule has 11 atom stereocenters. The average Bonchev–Trinajstić information content (AvgIpc) is 4.12. The lowest BCUT2D eigenvalue weighted by Gasteiger charge is -2.59. The largest absolute Gasteiger partial charge is 0.524 e. The molecule has 418 valence electrons. The highest BCUT2D eigenvalue weighted by molar-refractivity contribution is 7.95. The molecule has 4 saturated carbocycles. The summed E-state index contributed by atoms with van der Waals surface area (Å²) in [6.45, 7) is 6.27. The van der Waals surface area contributed by atoms with Gasteiger partial charge in [0.15, 0.2) is 29.2 Å². The molecule has 1 aliphatic heterocycles. The molecule has 6 aliphatic rings. The van der Waals surface area contributed by atoms with Crippen LogP contribution in [0, 0.1) is 34.5 Å². The first-order valence-electron chi connectivity index (χ1n) is 28.3. The van der Waals surface area contributed by atoms with Crippen LogP contribution in [-0.2, 0) is 56.2 Å². The zero-order valence-corrected chi connectivity index (χ0v) is 46.9. The minimum Gasteiger partial charge on any atom is -0.454 e. The van der Waals surface area contributed by atoms with Crippen molar-refractivity contribution < 1.29 is 62.4 Å². The van der Waals surface area contributed by atoms with Gasteiger partial charge in [-0.2, -0.15) is 0 Å². The second-order valence-corrected chi connectivity index (χ2v) is 26.3. The molecule has 0 bridgehead atoms. The molecule has 9 rings (SSSR count). The van der Waals surface area contributed by atoms with E-state index in [4.69, 9.17) is 23.5 Å². The van der Waals surface area contributed by atoms with Gasteiger partial charge in [0.05, 0.1) is 23.9 Å². The summed E-state index contributed by atoms with van der Waals surface area (Å²) >= 11 is 0. The Bertz CT molecular complexity index is 2640. The Labute approximate surface area is 457 Å². The third-order valence-corrected chi connectivity index (χ3v) is 20.4. The highest BCUT2D eigenvalue weighted by Gasteiger charge is 2.76. The predicted octanol–water partition coefficient (Wildman–Crippen LogP) is 9.86. The molecule has 1 heterocycles. The van der Waals surface area contributed by atoms with E-state index in [1.807, 2.05) is 18.4 Å². The summed E-state index contributed by atoms with van der Waals surface area (Å²) in [5.41, 5.74) is 1.07. The third kappa shape index (κ3) is 13.0. The van der Waals surface area contributed by atoms with Gasteiger partial charge in [-0.15, -0.1) is 0 Å². The van der Waals surface area contributed by atoms with Crippen LogP contribution < -0.4 is 9.84 Å². The van der Waals surface area contributed by atoms with E-state index in [0.29, 0.717) is 36.3 Å². The van der Waals surface area contributed by atoms with Crippen LogP contribution >= 0.6 is 7.82 Å². The molecule has 0 aromatic heterocycles. The molecule has 3 aromatic carbocycles. The SMILES string of the molecule is C[S+](Cc1cc(C(O)CNCCCCCCOCCCCc2ccccc2)ccc1OP(=O)(O)O)c1ccc(C(=O)OCC(=O)[C@@]23O[C@H](C4CCCCC4)O[C@@H]2CC2C4CCC5=CC(=O)C=C[C@]5(C)C4[C@@H](O)C[C@@]23C)cc1. The molecule has 16 heteroatoms. The van der Waals surface area contributed by atoms with Gasteiger partial charge in [0.25, 0.3) is 0 Å². The minimum atomic E-state index is -4.90. The van der Waals surface area contributed by atoms with Gasteiger partial charge in [0.2, 0.25) is 5.78 Å². The van der Waals surface area contributed by atoms with Crippen molar-refractivity contribution >= 4 is 36.3 Å². The molecule has 77 heavy (non-hydrogen) atoms. The predicted molar refractivity (Wildman–Crippen MR) is 295 cm³/mol. The number of benzene rings is 3. The van der Waals surface area contributed by atoms with E-state index in [-0.39, 0.29) is 46.6 Å². The topological polar surface area (TPSA) is 207 Å². The molecule has 14 nitrogen and oxygen atoms in total. The van der Waals surface area contributed by atoms with Crippen LogP contribution in [0.25, 0.3) is 0 Å². The second-order valence-electron chi connectivity index (χ2n) is 23.1. The molecule has 5 N–H and O–H groups in total. The summed E-state index contributed by atoms with van der Waals surface area (Å²) in [5.74, 6) is -0.640. The van der Waals surface area contributed by atoms with E-state index in [9.17, 15) is 34.2 Å². The summed E-state index contributed by atoms with van der Waals surface area (Å²) in [4.78, 5) is 61.7. The first-order chi connectivity index (χ1) is 37.0. The fourth-order valence-corrected chi connectivity index (χ4v) is 16.1. The zero-order chi connectivity index (χ0) is 54.4. The standard InChI is InChI=1S/C61H80NO13PS/c1-59-30-29-47(63)35-46(59)24-27-49-50-36-55-61(60(50,2)37-51(64)56(49)59,74-58(73-55)43-19-10-7-11-20-43)54(66)39-72-57(67)42-21-25-48(26-22-42)77(3)40-45-34-44(23-28-53(45)75-76(68,69)70)52(65)38-62-31-13-4-5-14-32-71-33-15-12-18-41-16-8-6-9-17-41/h6,8-9,16-17,21-23,25-26,28-30,34-35,43,49-52,55-56,58,62,64-65H,4-5,7,10-15,18-20,24,27,31-33,36-40H2,1-3H3,(H-,68,69,70)/p+1/t49?,50?,51-,52?,55+,56?,58+,59-,60-,61+,77?/m0/s1. The van der Waals surface area contributed by atoms with Gasteiger partial charge >= 0.3 is 13.8 Å². The summed E-state index contributed by atoms with van der Waals surface area (Å²) in [6.07, 6.45) is 19.5. The number of allylic oxidation sites excluding steroid dienone is 4. The van der Waals surface area contributed by atoms with E-state index >= 15 is 4.79 Å². The monoisotopic (exact) mass is 1100 g/mol. The maximum atomic E-state index is 15.0. The number of ketones is 2. The van der Waals surface area contributed by atoms with Crippen molar-refractivity contribution in [2.24, 2.45) is 34.5 Å². The lowest BCUT2D eigenvalue weighted by atomic mass is 9.46. The minimum absolute atomic E-state index is 0.00972. The van der Waals surface area contributed by atoms with Crippen molar-refractivity contribution in [3.63, 3.8) is 0 Å². The summed E-state index contributed by atoms with van der Waals surface area (Å²) in [7, 11) is -5.45. The van der Waals surface area contributed by atoms with Crippen LogP contribution in [-0.4, -0.2) is 101 Å². The molecular weight excluding hydrogens is 1020 g/mol. The molecule has 0 radical (unpaired) electrons. The van der Waals surface area contributed by atoms with Crippen molar-refractivity contribution in [1.82, 2.24) is 5.32 Å². The van der Waals surface area contributed by atoms with Crippen LogP contribution in [0.2, 0.25) is 0 Å². The first kappa shape index (κ1) is 57.7. The lowest BCUT2D eigenvalue weighted by molar-refractivity contribution is -0.209. The molecule has 0 spiro atoms. The highest BCUT2D eigenvalue weighted by Crippen LogP contribution is 2.70. The number of carbonyl (C=O) groups excluding carboxylic acids is 3. The Morgan fingerprint density at radius 2 is 1.66 bits per heavy atom. The lowest BCUT2D eigenvalue weighted by Crippen LogP contribution is -2.63. The molecule has 5 fully saturated rings. The Hall–Kier alpha value is -3.99. The Morgan fingerprint density at radius 1 is 0.922 bits per heavy atom. The number of esters is 1. The Balaban J connectivity index is 0.782. The van der Waals surface area contributed by atoms with Gasteiger partial charge in [-0.25, -0.2) is 9.36 Å². The number of aliphatic hydroxyl groups is 2. The van der Waals surface area contributed by atoms with Crippen LogP contribution in [0.3, 0.4) is 0 Å². The average molecular weight is 1100 g/mol. The van der Waals surface area contributed by atoms with Gasteiger partial charge in [0.1, 0.15) is 17.8 Å². The number of aryl methyl sites for hydroxylation is 1. The summed E-state index contributed by atoms with van der Waals surface area (Å²) < 4.78 is 42.7. The molecule has 5 unspecified atom stereocenters.